The molecule has 28 heavy (non-hydrogen) atoms. The van der Waals surface area contributed by atoms with Crippen LogP contribution >= 0.6 is 12.2 Å². The fourth-order valence-corrected chi connectivity index (χ4v) is 2.36. The lowest BCUT2D eigenvalue weighted by Gasteiger charge is -2.11. The Labute approximate surface area is 168 Å². The molecule has 0 aliphatic heterocycles. The Kier molecular flexibility index (Phi) is 8.11. The van der Waals surface area contributed by atoms with Crippen molar-refractivity contribution in [2.45, 2.75) is 26.3 Å². The maximum atomic E-state index is 12.0. The summed E-state index contributed by atoms with van der Waals surface area (Å²) in [6.07, 6.45) is 0.0327. The topological polar surface area (TPSA) is 99.3 Å². The van der Waals surface area contributed by atoms with E-state index in [0.29, 0.717) is 12.1 Å². The van der Waals surface area contributed by atoms with Gasteiger partial charge in [-0.25, -0.2) is 0 Å². The van der Waals surface area contributed by atoms with E-state index in [-0.39, 0.29) is 29.8 Å². The third-order valence-corrected chi connectivity index (χ3v) is 3.97. The first kappa shape index (κ1) is 21.0. The number of benzene rings is 2. The second-order valence-electron chi connectivity index (χ2n) is 6.08. The van der Waals surface area contributed by atoms with Gasteiger partial charge in [0.25, 0.3) is 5.91 Å². The molecule has 0 aliphatic rings. The lowest BCUT2D eigenvalue weighted by Crippen LogP contribution is -2.48. The first-order chi connectivity index (χ1) is 13.4. The first-order valence-corrected chi connectivity index (χ1v) is 9.12. The molecule has 8 heteroatoms. The Bertz CT molecular complexity index is 838. The second-order valence-corrected chi connectivity index (χ2v) is 6.49. The van der Waals surface area contributed by atoms with Crippen molar-refractivity contribution in [2.75, 3.05) is 0 Å². The van der Waals surface area contributed by atoms with E-state index in [1.54, 1.807) is 12.1 Å². The summed E-state index contributed by atoms with van der Waals surface area (Å²) in [6, 6.07) is 16.5. The smallest absolute Gasteiger partial charge is 0.257 e. The molecule has 0 saturated heterocycles. The van der Waals surface area contributed by atoms with E-state index in [1.807, 2.05) is 49.4 Å². The van der Waals surface area contributed by atoms with Gasteiger partial charge in [0.2, 0.25) is 11.8 Å². The molecule has 3 amide bonds. The van der Waals surface area contributed by atoms with Crippen LogP contribution in [0.5, 0.6) is 0 Å². The molecule has 0 unspecified atom stereocenters. The Morgan fingerprint density at radius 2 is 1.50 bits per heavy atom. The summed E-state index contributed by atoms with van der Waals surface area (Å²) in [4.78, 5) is 35.6. The quantitative estimate of drug-likeness (QED) is 0.439. The summed E-state index contributed by atoms with van der Waals surface area (Å²) in [6.45, 7) is 2.33. The van der Waals surface area contributed by atoms with Crippen LogP contribution in [0.1, 0.15) is 34.3 Å². The van der Waals surface area contributed by atoms with Crippen LogP contribution in [0.4, 0.5) is 0 Å². The van der Waals surface area contributed by atoms with E-state index in [4.69, 9.17) is 12.2 Å². The molecule has 0 spiro atoms. The summed E-state index contributed by atoms with van der Waals surface area (Å²) in [5.41, 5.74) is 7.27. The molecule has 0 fully saturated rings. The average Bonchev–Trinajstić information content (AvgIpc) is 2.70. The first-order valence-electron chi connectivity index (χ1n) is 8.71. The zero-order chi connectivity index (χ0) is 20.4. The number of carbonyl (C=O) groups excluding carboxylic acids is 3. The van der Waals surface area contributed by atoms with Crippen LogP contribution in [0, 0.1) is 6.92 Å². The number of hydrogen-bond acceptors (Lipinski definition) is 4. The molecule has 0 atom stereocenters. The molecule has 4 N–H and O–H groups in total. The van der Waals surface area contributed by atoms with E-state index < -0.39 is 5.91 Å². The highest BCUT2D eigenvalue weighted by Gasteiger charge is 2.10. The highest BCUT2D eigenvalue weighted by molar-refractivity contribution is 7.80. The minimum Gasteiger partial charge on any atom is -0.352 e. The van der Waals surface area contributed by atoms with E-state index >= 15 is 0 Å². The molecular weight excluding hydrogens is 376 g/mol. The zero-order valence-corrected chi connectivity index (χ0v) is 16.3. The number of hydrazine groups is 1. The van der Waals surface area contributed by atoms with Crippen molar-refractivity contribution in [3.8, 4) is 0 Å². The molecule has 2 rings (SSSR count). The van der Waals surface area contributed by atoms with Crippen molar-refractivity contribution < 1.29 is 14.4 Å². The van der Waals surface area contributed by atoms with Gasteiger partial charge in [0.1, 0.15) is 0 Å². The standard InChI is InChI=1S/C20H22N4O3S/c1-14-7-9-16(10-8-14)19(27)22-20(28)24-23-18(26)12-11-17(25)21-13-15-5-3-2-4-6-15/h2-10H,11-13H2,1H3,(H,21,25)(H,23,26)(H2,22,24,27,28). The van der Waals surface area contributed by atoms with Crippen LogP contribution in [-0.4, -0.2) is 22.8 Å². The van der Waals surface area contributed by atoms with Gasteiger partial charge in [-0.2, -0.15) is 0 Å². The maximum absolute atomic E-state index is 12.0. The summed E-state index contributed by atoms with van der Waals surface area (Å²) < 4.78 is 0. The van der Waals surface area contributed by atoms with Gasteiger partial charge in [0.15, 0.2) is 5.11 Å². The number of rotatable bonds is 6. The molecule has 0 aliphatic carbocycles. The molecule has 146 valence electrons. The molecule has 0 radical (unpaired) electrons. The average molecular weight is 398 g/mol. The highest BCUT2D eigenvalue weighted by atomic mass is 32.1. The van der Waals surface area contributed by atoms with Crippen LogP contribution in [-0.2, 0) is 16.1 Å². The summed E-state index contributed by atoms with van der Waals surface area (Å²) >= 11 is 4.97. The zero-order valence-electron chi connectivity index (χ0n) is 15.5. The number of hydrogen-bond donors (Lipinski definition) is 4. The van der Waals surface area contributed by atoms with E-state index in [9.17, 15) is 14.4 Å². The van der Waals surface area contributed by atoms with Gasteiger partial charge >= 0.3 is 0 Å². The normalized spacial score (nSPS) is 9.89. The molecule has 0 saturated carbocycles. The van der Waals surface area contributed by atoms with Gasteiger partial charge in [-0.1, -0.05) is 48.0 Å². The predicted molar refractivity (Wildman–Crippen MR) is 110 cm³/mol. The van der Waals surface area contributed by atoms with Crippen LogP contribution in [0.3, 0.4) is 0 Å². The number of nitrogens with one attached hydrogen (secondary N) is 4. The Hall–Kier alpha value is -3.26. The number of aryl methyl sites for hydroxylation is 1. The van der Waals surface area contributed by atoms with Gasteiger partial charge in [-0.05, 0) is 36.8 Å². The van der Waals surface area contributed by atoms with Crippen molar-refractivity contribution >= 4 is 35.1 Å². The minimum atomic E-state index is -0.415. The van der Waals surface area contributed by atoms with Crippen LogP contribution in [0.2, 0.25) is 0 Å². The molecule has 0 aromatic heterocycles. The Morgan fingerprint density at radius 1 is 0.857 bits per heavy atom. The minimum absolute atomic E-state index is 0.0118. The molecule has 0 heterocycles. The monoisotopic (exact) mass is 398 g/mol. The Morgan fingerprint density at radius 3 is 2.18 bits per heavy atom. The number of thiocarbonyl (C=S) groups is 1. The lowest BCUT2D eigenvalue weighted by molar-refractivity contribution is -0.126. The molecule has 2 aromatic carbocycles. The van der Waals surface area contributed by atoms with Gasteiger partial charge in [0.05, 0.1) is 0 Å². The maximum Gasteiger partial charge on any atom is 0.257 e. The largest absolute Gasteiger partial charge is 0.352 e. The van der Waals surface area contributed by atoms with Gasteiger partial charge < -0.3 is 5.32 Å². The molecule has 7 nitrogen and oxygen atoms in total. The van der Waals surface area contributed by atoms with E-state index in [1.165, 1.54) is 0 Å². The van der Waals surface area contributed by atoms with Crippen molar-refractivity contribution in [3.63, 3.8) is 0 Å². The van der Waals surface area contributed by atoms with Crippen molar-refractivity contribution in [3.05, 3.63) is 71.3 Å². The summed E-state index contributed by atoms with van der Waals surface area (Å²) in [7, 11) is 0. The van der Waals surface area contributed by atoms with Crippen molar-refractivity contribution in [1.82, 2.24) is 21.5 Å². The third-order valence-electron chi connectivity index (χ3n) is 3.77. The molecule has 0 bridgehead atoms. The lowest BCUT2D eigenvalue weighted by atomic mass is 10.1. The van der Waals surface area contributed by atoms with Crippen molar-refractivity contribution in [2.24, 2.45) is 0 Å². The van der Waals surface area contributed by atoms with Gasteiger partial charge in [-0.15, -0.1) is 0 Å². The summed E-state index contributed by atoms with van der Waals surface area (Å²) in [5.74, 6) is -1.02. The highest BCUT2D eigenvalue weighted by Crippen LogP contribution is 2.02. The third kappa shape index (κ3) is 7.55. The SMILES string of the molecule is Cc1ccc(C(=O)NC(=S)NNC(=O)CCC(=O)NCc2ccccc2)cc1. The van der Waals surface area contributed by atoms with Gasteiger partial charge in [0, 0.05) is 24.9 Å². The number of amides is 3. The fourth-order valence-electron chi connectivity index (χ4n) is 2.21. The van der Waals surface area contributed by atoms with Crippen LogP contribution in [0.25, 0.3) is 0 Å². The number of carbonyl (C=O) groups is 3. The van der Waals surface area contributed by atoms with E-state index in [0.717, 1.165) is 11.1 Å². The van der Waals surface area contributed by atoms with Crippen molar-refractivity contribution in [1.29, 1.82) is 0 Å². The fraction of sp³-hybridized carbons (Fsp3) is 0.200. The predicted octanol–water partition coefficient (Wildman–Crippen LogP) is 1.73. The summed E-state index contributed by atoms with van der Waals surface area (Å²) in [5, 5.41) is 5.17. The van der Waals surface area contributed by atoms with E-state index in [2.05, 4.69) is 21.5 Å². The molecular formula is C20H22N4O3S. The van der Waals surface area contributed by atoms with Crippen LogP contribution in [0.15, 0.2) is 54.6 Å². The molecule has 2 aromatic rings. The Balaban J connectivity index is 1.63. The second kappa shape index (κ2) is 10.8. The van der Waals surface area contributed by atoms with Crippen LogP contribution < -0.4 is 21.5 Å². The van der Waals surface area contributed by atoms with Gasteiger partial charge in [-0.3, -0.25) is 30.6 Å².